The summed E-state index contributed by atoms with van der Waals surface area (Å²) in [6.07, 6.45) is 2.85. The number of aromatic carboxylic acids is 1. The van der Waals surface area contributed by atoms with Crippen molar-refractivity contribution in [2.24, 2.45) is 0 Å². The Morgan fingerprint density at radius 2 is 1.89 bits per heavy atom. The zero-order valence-electron chi connectivity index (χ0n) is 15.5. The number of carboxylic acid groups (broad SMARTS) is 1. The highest BCUT2D eigenvalue weighted by Crippen LogP contribution is 2.26. The quantitative estimate of drug-likeness (QED) is 0.725. The molecule has 8 nitrogen and oxygen atoms in total. The molecule has 0 atom stereocenters. The first-order chi connectivity index (χ1) is 13.5. The lowest BCUT2D eigenvalue weighted by Crippen LogP contribution is -2.39. The van der Waals surface area contributed by atoms with Crippen LogP contribution in [0.5, 0.6) is 0 Å². The zero-order chi connectivity index (χ0) is 19.7. The van der Waals surface area contributed by atoms with E-state index in [-0.39, 0.29) is 17.5 Å². The van der Waals surface area contributed by atoms with Crippen molar-refractivity contribution in [3.8, 4) is 11.3 Å². The molecule has 1 amide bonds. The lowest BCUT2D eigenvalue weighted by molar-refractivity contribution is 0.0682. The molecule has 4 rings (SSSR count). The number of benzene rings is 1. The van der Waals surface area contributed by atoms with Gasteiger partial charge in [-0.2, -0.15) is 10.2 Å². The second-order valence-corrected chi connectivity index (χ2v) is 6.95. The molecule has 1 fully saturated rings. The summed E-state index contributed by atoms with van der Waals surface area (Å²) in [6.45, 7) is 2.94. The van der Waals surface area contributed by atoms with Crippen LogP contribution < -0.4 is 0 Å². The van der Waals surface area contributed by atoms with E-state index < -0.39 is 5.97 Å². The van der Waals surface area contributed by atoms with E-state index in [1.54, 1.807) is 22.6 Å². The summed E-state index contributed by atoms with van der Waals surface area (Å²) in [5.74, 6) is -1.04. The molecular formula is C20H21N5O3. The molecule has 0 aliphatic carbocycles. The Kier molecular flexibility index (Phi) is 4.68. The number of aromatic amines is 1. The lowest BCUT2D eigenvalue weighted by atomic mass is 10.0. The van der Waals surface area contributed by atoms with Crippen LogP contribution in [0.15, 0.2) is 42.6 Å². The van der Waals surface area contributed by atoms with E-state index in [9.17, 15) is 14.7 Å². The molecule has 0 saturated carbocycles. The Hall–Kier alpha value is -3.42. The molecule has 2 aromatic heterocycles. The molecule has 3 heterocycles. The van der Waals surface area contributed by atoms with E-state index >= 15 is 0 Å². The molecule has 1 saturated heterocycles. The highest BCUT2D eigenvalue weighted by Gasteiger charge is 2.28. The average molecular weight is 379 g/mol. The normalized spacial score (nSPS) is 15.0. The number of hydrogen-bond acceptors (Lipinski definition) is 4. The fraction of sp³-hybridized carbons (Fsp3) is 0.300. The van der Waals surface area contributed by atoms with Gasteiger partial charge in [0.25, 0.3) is 5.91 Å². The summed E-state index contributed by atoms with van der Waals surface area (Å²) < 4.78 is 1.77. The molecule has 1 aromatic carbocycles. The number of H-pyrrole nitrogens is 1. The summed E-state index contributed by atoms with van der Waals surface area (Å²) in [5, 5.41) is 20.5. The number of aromatic nitrogens is 4. The molecule has 1 aliphatic heterocycles. The van der Waals surface area contributed by atoms with Crippen LogP contribution in [0.1, 0.15) is 45.4 Å². The first-order valence-electron chi connectivity index (χ1n) is 9.22. The van der Waals surface area contributed by atoms with Crippen LogP contribution in [0, 0.1) is 6.92 Å². The van der Waals surface area contributed by atoms with Crippen LogP contribution in [0.25, 0.3) is 11.3 Å². The smallest absolute Gasteiger partial charge is 0.339 e. The third-order valence-corrected chi connectivity index (χ3v) is 5.25. The van der Waals surface area contributed by atoms with Crippen molar-refractivity contribution in [2.45, 2.75) is 25.8 Å². The fourth-order valence-corrected chi connectivity index (χ4v) is 3.67. The van der Waals surface area contributed by atoms with Gasteiger partial charge in [-0.3, -0.25) is 14.6 Å². The number of likely N-dealkylation sites (tertiary alicyclic amines) is 1. The number of amides is 1. The zero-order valence-corrected chi connectivity index (χ0v) is 15.5. The van der Waals surface area contributed by atoms with Gasteiger partial charge in [0.1, 0.15) is 11.3 Å². The van der Waals surface area contributed by atoms with Gasteiger partial charge in [0.15, 0.2) is 0 Å². The average Bonchev–Trinajstić information content (AvgIpc) is 3.35. The summed E-state index contributed by atoms with van der Waals surface area (Å²) in [5.41, 5.74) is 3.05. The number of carbonyl (C=O) groups excluding carboxylic acids is 1. The Balaban J connectivity index is 1.42. The van der Waals surface area contributed by atoms with Gasteiger partial charge in [0.2, 0.25) is 0 Å². The lowest BCUT2D eigenvalue weighted by Gasteiger charge is -2.32. The minimum absolute atomic E-state index is 0.0726. The van der Waals surface area contributed by atoms with E-state index in [1.807, 2.05) is 30.3 Å². The molecule has 0 bridgehead atoms. The first-order valence-corrected chi connectivity index (χ1v) is 9.22. The van der Waals surface area contributed by atoms with E-state index in [4.69, 9.17) is 0 Å². The minimum atomic E-state index is -0.968. The number of nitrogens with one attached hydrogen (secondary N) is 1. The number of piperidine rings is 1. The highest BCUT2D eigenvalue weighted by molar-refractivity contribution is 5.93. The molecule has 2 N–H and O–H groups in total. The van der Waals surface area contributed by atoms with E-state index in [0.29, 0.717) is 24.5 Å². The fourth-order valence-electron chi connectivity index (χ4n) is 3.67. The van der Waals surface area contributed by atoms with Crippen LogP contribution in [-0.2, 0) is 0 Å². The van der Waals surface area contributed by atoms with Crippen LogP contribution in [0.3, 0.4) is 0 Å². The summed E-state index contributed by atoms with van der Waals surface area (Å²) >= 11 is 0. The van der Waals surface area contributed by atoms with Crippen molar-refractivity contribution >= 4 is 11.9 Å². The van der Waals surface area contributed by atoms with Gasteiger partial charge >= 0.3 is 5.97 Å². The first kappa shape index (κ1) is 18.0. The summed E-state index contributed by atoms with van der Waals surface area (Å²) in [6, 6.07) is 11.6. The third kappa shape index (κ3) is 3.28. The summed E-state index contributed by atoms with van der Waals surface area (Å²) in [4.78, 5) is 25.8. The van der Waals surface area contributed by atoms with E-state index in [2.05, 4.69) is 15.3 Å². The predicted molar refractivity (Wildman–Crippen MR) is 102 cm³/mol. The minimum Gasteiger partial charge on any atom is -0.478 e. The molecule has 1 aliphatic rings. The van der Waals surface area contributed by atoms with Gasteiger partial charge in [0.05, 0.1) is 23.6 Å². The topological polar surface area (TPSA) is 104 Å². The molecule has 0 radical (unpaired) electrons. The van der Waals surface area contributed by atoms with Crippen molar-refractivity contribution in [2.75, 3.05) is 13.1 Å². The van der Waals surface area contributed by atoms with Gasteiger partial charge in [0, 0.05) is 18.7 Å². The maximum Gasteiger partial charge on any atom is 0.339 e. The number of rotatable bonds is 4. The molecule has 0 spiro atoms. The number of carboxylic acids is 1. The third-order valence-electron chi connectivity index (χ3n) is 5.25. The SMILES string of the molecule is Cc1c(C(=O)O)cnn1C1CCN(C(=O)c2cc(-c3ccccc3)n[nH]2)CC1. The molecule has 3 aromatic rings. The largest absolute Gasteiger partial charge is 0.478 e. The molecule has 28 heavy (non-hydrogen) atoms. The number of nitrogens with zero attached hydrogens (tertiary/aromatic N) is 4. The van der Waals surface area contributed by atoms with Gasteiger partial charge in [-0.05, 0) is 25.8 Å². The van der Waals surface area contributed by atoms with E-state index in [1.165, 1.54) is 6.20 Å². The van der Waals surface area contributed by atoms with E-state index in [0.717, 1.165) is 24.1 Å². The Morgan fingerprint density at radius 3 is 2.54 bits per heavy atom. The molecule has 8 heteroatoms. The second-order valence-electron chi connectivity index (χ2n) is 6.95. The molecule has 0 unspecified atom stereocenters. The Morgan fingerprint density at radius 1 is 1.18 bits per heavy atom. The van der Waals surface area contributed by atoms with Crippen LogP contribution >= 0.6 is 0 Å². The Bertz CT molecular complexity index is 1000. The van der Waals surface area contributed by atoms with Crippen LogP contribution in [0.4, 0.5) is 0 Å². The van der Waals surface area contributed by atoms with Crippen molar-refractivity contribution in [1.29, 1.82) is 0 Å². The standard InChI is InChI=1S/C20H21N5O3/c1-13-16(20(27)28)12-21-25(13)15-7-9-24(10-8-15)19(26)18-11-17(22-23-18)14-5-3-2-4-6-14/h2-6,11-12,15H,7-10H2,1H3,(H,22,23)(H,27,28). The van der Waals surface area contributed by atoms with Gasteiger partial charge in [-0.25, -0.2) is 4.79 Å². The van der Waals surface area contributed by atoms with Crippen molar-refractivity contribution < 1.29 is 14.7 Å². The van der Waals surface area contributed by atoms with Crippen LogP contribution in [-0.4, -0.2) is 55.0 Å². The van der Waals surface area contributed by atoms with Gasteiger partial charge < -0.3 is 10.0 Å². The maximum absolute atomic E-state index is 12.8. The van der Waals surface area contributed by atoms with Crippen molar-refractivity contribution in [3.63, 3.8) is 0 Å². The summed E-state index contributed by atoms with van der Waals surface area (Å²) in [7, 11) is 0. The van der Waals surface area contributed by atoms with Crippen molar-refractivity contribution in [1.82, 2.24) is 24.9 Å². The molecule has 144 valence electrons. The van der Waals surface area contributed by atoms with Gasteiger partial charge in [-0.15, -0.1) is 0 Å². The molecular weight excluding hydrogens is 358 g/mol. The highest BCUT2D eigenvalue weighted by atomic mass is 16.4. The number of hydrogen-bond donors (Lipinski definition) is 2. The second kappa shape index (κ2) is 7.30. The van der Waals surface area contributed by atoms with Crippen LogP contribution in [0.2, 0.25) is 0 Å². The number of carbonyl (C=O) groups is 2. The maximum atomic E-state index is 12.8. The van der Waals surface area contributed by atoms with Gasteiger partial charge in [-0.1, -0.05) is 30.3 Å². The predicted octanol–water partition coefficient (Wildman–Crippen LogP) is 2.76. The van der Waals surface area contributed by atoms with Crippen molar-refractivity contribution in [3.05, 3.63) is 59.5 Å². The monoisotopic (exact) mass is 379 g/mol. The Labute approximate surface area is 161 Å².